The van der Waals surface area contributed by atoms with Crippen LogP contribution in [0.15, 0.2) is 24.3 Å². The number of hydrogen-bond donors (Lipinski definition) is 0. The second-order valence-corrected chi connectivity index (χ2v) is 7.80. The van der Waals surface area contributed by atoms with Gasteiger partial charge in [-0.05, 0) is 51.6 Å². The second-order valence-electron chi connectivity index (χ2n) is 7.80. The molecule has 0 radical (unpaired) electrons. The van der Waals surface area contributed by atoms with Crippen LogP contribution in [-0.4, -0.2) is 36.2 Å². The summed E-state index contributed by atoms with van der Waals surface area (Å²) >= 11 is 0. The van der Waals surface area contributed by atoms with Crippen molar-refractivity contribution in [3.05, 3.63) is 29.8 Å². The van der Waals surface area contributed by atoms with E-state index in [0.29, 0.717) is 6.54 Å². The van der Waals surface area contributed by atoms with Gasteiger partial charge in [-0.3, -0.25) is 4.79 Å². The summed E-state index contributed by atoms with van der Waals surface area (Å²) < 4.78 is 12.2. The topological polar surface area (TPSA) is 38.8 Å². The average Bonchev–Trinajstić information content (AvgIpc) is 3.26. The van der Waals surface area contributed by atoms with Gasteiger partial charge >= 0.3 is 7.12 Å². The average molecular weight is 315 g/mol. The van der Waals surface area contributed by atoms with Gasteiger partial charge in [-0.2, -0.15) is 0 Å². The number of nitrogens with zero attached hydrogens (tertiary/aromatic N) is 1. The van der Waals surface area contributed by atoms with E-state index in [1.807, 2.05) is 30.1 Å². The van der Waals surface area contributed by atoms with Crippen molar-refractivity contribution >= 4 is 18.5 Å². The summed E-state index contributed by atoms with van der Waals surface area (Å²) in [6.07, 6.45) is 2.08. The summed E-state index contributed by atoms with van der Waals surface area (Å²) in [5.74, 6) is 0.511. The first-order chi connectivity index (χ1) is 10.7. The lowest BCUT2D eigenvalue weighted by Gasteiger charge is -2.32. The van der Waals surface area contributed by atoms with Crippen molar-refractivity contribution in [2.75, 3.05) is 7.05 Å². The molecule has 1 aliphatic carbocycles. The van der Waals surface area contributed by atoms with Gasteiger partial charge < -0.3 is 14.2 Å². The Labute approximate surface area is 139 Å². The molecule has 1 amide bonds. The molecule has 3 rings (SSSR count). The van der Waals surface area contributed by atoms with Crippen LogP contribution in [0.4, 0.5) is 0 Å². The highest BCUT2D eigenvalue weighted by molar-refractivity contribution is 6.62. The van der Waals surface area contributed by atoms with Crippen LogP contribution in [0.1, 0.15) is 46.1 Å². The molecule has 2 aliphatic rings. The van der Waals surface area contributed by atoms with Crippen LogP contribution >= 0.6 is 0 Å². The van der Waals surface area contributed by atoms with E-state index in [4.69, 9.17) is 9.31 Å². The smallest absolute Gasteiger partial charge is 0.399 e. The van der Waals surface area contributed by atoms with Gasteiger partial charge in [0.05, 0.1) is 11.2 Å². The monoisotopic (exact) mass is 315 g/mol. The molecule has 1 heterocycles. The molecule has 0 spiro atoms. The molecule has 23 heavy (non-hydrogen) atoms. The molecule has 2 fully saturated rings. The second kappa shape index (κ2) is 5.64. The maximum Gasteiger partial charge on any atom is 0.494 e. The molecule has 1 saturated carbocycles. The standard InChI is InChI=1S/C18H26BNO3/c1-17(2)18(3,4)23-19(22-17)15-8-6-7-13(11-15)12-20(5)16(21)14-9-10-14/h6-8,11,14H,9-10,12H2,1-5H3. The highest BCUT2D eigenvalue weighted by Crippen LogP contribution is 2.36. The Kier molecular flexibility index (Phi) is 4.05. The molecule has 0 aromatic heterocycles. The van der Waals surface area contributed by atoms with Gasteiger partial charge in [-0.1, -0.05) is 24.3 Å². The molecule has 5 heteroatoms. The Morgan fingerprint density at radius 3 is 2.39 bits per heavy atom. The lowest BCUT2D eigenvalue weighted by molar-refractivity contribution is -0.131. The number of carbonyl (C=O) groups excluding carboxylic acids is 1. The summed E-state index contributed by atoms with van der Waals surface area (Å²) in [5.41, 5.74) is 1.43. The zero-order valence-electron chi connectivity index (χ0n) is 14.8. The summed E-state index contributed by atoms with van der Waals surface area (Å²) in [6.45, 7) is 8.85. The van der Waals surface area contributed by atoms with Crippen molar-refractivity contribution < 1.29 is 14.1 Å². The number of carbonyl (C=O) groups is 1. The van der Waals surface area contributed by atoms with Crippen LogP contribution in [0.3, 0.4) is 0 Å². The van der Waals surface area contributed by atoms with Crippen LogP contribution in [0, 0.1) is 5.92 Å². The molecular weight excluding hydrogens is 289 g/mol. The Balaban J connectivity index is 1.72. The van der Waals surface area contributed by atoms with Crippen LogP contribution in [-0.2, 0) is 20.6 Å². The third kappa shape index (κ3) is 3.31. The van der Waals surface area contributed by atoms with E-state index < -0.39 is 0 Å². The Bertz CT molecular complexity index is 594. The van der Waals surface area contributed by atoms with E-state index in [1.54, 1.807) is 0 Å². The Hall–Kier alpha value is -1.33. The van der Waals surface area contributed by atoms with Crippen LogP contribution in [0.25, 0.3) is 0 Å². The van der Waals surface area contributed by atoms with Gasteiger partial charge in [0, 0.05) is 19.5 Å². The van der Waals surface area contributed by atoms with Gasteiger partial charge in [0.25, 0.3) is 0 Å². The van der Waals surface area contributed by atoms with Gasteiger partial charge in [0.2, 0.25) is 5.91 Å². The summed E-state index contributed by atoms with van der Waals surface area (Å²) in [6, 6.07) is 8.16. The number of hydrogen-bond acceptors (Lipinski definition) is 3. The molecule has 0 N–H and O–H groups in total. The third-order valence-corrected chi connectivity index (χ3v) is 5.20. The molecule has 1 aromatic rings. The fourth-order valence-corrected chi connectivity index (χ4v) is 2.81. The van der Waals surface area contributed by atoms with Crippen molar-refractivity contribution in [2.45, 2.75) is 58.3 Å². The van der Waals surface area contributed by atoms with Crippen LogP contribution < -0.4 is 5.46 Å². The van der Waals surface area contributed by atoms with E-state index in [9.17, 15) is 4.79 Å². The third-order valence-electron chi connectivity index (χ3n) is 5.20. The van der Waals surface area contributed by atoms with Crippen molar-refractivity contribution in [1.29, 1.82) is 0 Å². The van der Waals surface area contributed by atoms with Crippen LogP contribution in [0.5, 0.6) is 0 Å². The summed E-state index contributed by atoms with van der Waals surface area (Å²) in [5, 5.41) is 0. The lowest BCUT2D eigenvalue weighted by atomic mass is 9.78. The first-order valence-electron chi connectivity index (χ1n) is 8.39. The van der Waals surface area contributed by atoms with Gasteiger partial charge in [-0.15, -0.1) is 0 Å². The van der Waals surface area contributed by atoms with E-state index >= 15 is 0 Å². The predicted octanol–water partition coefficient (Wildman–Crippen LogP) is 2.35. The SMILES string of the molecule is CN(Cc1cccc(B2OC(C)(C)C(C)(C)O2)c1)C(=O)C1CC1. The van der Waals surface area contributed by atoms with Crippen molar-refractivity contribution in [1.82, 2.24) is 4.90 Å². The minimum absolute atomic E-state index is 0.256. The minimum Gasteiger partial charge on any atom is -0.399 e. The van der Waals surface area contributed by atoms with Gasteiger partial charge in [0.1, 0.15) is 0 Å². The first-order valence-corrected chi connectivity index (χ1v) is 8.39. The quantitative estimate of drug-likeness (QED) is 0.801. The molecule has 1 saturated heterocycles. The van der Waals surface area contributed by atoms with Crippen LogP contribution in [0.2, 0.25) is 0 Å². The zero-order chi connectivity index (χ0) is 16.8. The van der Waals surface area contributed by atoms with E-state index in [-0.39, 0.29) is 30.1 Å². The number of benzene rings is 1. The fraction of sp³-hybridized carbons (Fsp3) is 0.611. The fourth-order valence-electron chi connectivity index (χ4n) is 2.81. The maximum atomic E-state index is 12.1. The highest BCUT2D eigenvalue weighted by Gasteiger charge is 2.51. The highest BCUT2D eigenvalue weighted by atomic mass is 16.7. The van der Waals surface area contributed by atoms with Crippen molar-refractivity contribution in [3.8, 4) is 0 Å². The lowest BCUT2D eigenvalue weighted by Crippen LogP contribution is -2.41. The van der Waals surface area contributed by atoms with Gasteiger partial charge in [0.15, 0.2) is 0 Å². The van der Waals surface area contributed by atoms with E-state index in [2.05, 4.69) is 33.8 Å². The predicted molar refractivity (Wildman–Crippen MR) is 91.4 cm³/mol. The summed E-state index contributed by atoms with van der Waals surface area (Å²) in [7, 11) is 1.52. The van der Waals surface area contributed by atoms with E-state index in [1.165, 1.54) is 0 Å². The van der Waals surface area contributed by atoms with Crippen molar-refractivity contribution in [2.24, 2.45) is 5.92 Å². The van der Waals surface area contributed by atoms with Gasteiger partial charge in [-0.25, -0.2) is 0 Å². The Morgan fingerprint density at radius 2 is 1.83 bits per heavy atom. The van der Waals surface area contributed by atoms with E-state index in [0.717, 1.165) is 23.9 Å². The zero-order valence-corrected chi connectivity index (χ0v) is 14.8. The maximum absolute atomic E-state index is 12.1. The first kappa shape index (κ1) is 16.5. The molecule has 0 atom stereocenters. The molecule has 0 bridgehead atoms. The molecular formula is C18H26BNO3. The number of rotatable bonds is 4. The molecule has 4 nitrogen and oxygen atoms in total. The van der Waals surface area contributed by atoms with Crippen molar-refractivity contribution in [3.63, 3.8) is 0 Å². The summed E-state index contributed by atoms with van der Waals surface area (Å²) in [4.78, 5) is 13.9. The molecule has 0 unspecified atom stereocenters. The Morgan fingerprint density at radius 1 is 1.22 bits per heavy atom. The largest absolute Gasteiger partial charge is 0.494 e. The molecule has 1 aromatic carbocycles. The molecule has 1 aliphatic heterocycles. The minimum atomic E-state index is -0.357. The normalized spacial score (nSPS) is 22.2. The molecule has 124 valence electrons. The number of amides is 1.